The fourth-order valence-electron chi connectivity index (χ4n) is 3.03. The molecule has 0 aliphatic carbocycles. The number of aliphatic hydroxyl groups is 5. The zero-order valence-electron chi connectivity index (χ0n) is 20.1. The van der Waals surface area contributed by atoms with E-state index < -0.39 is 49.1 Å². The summed E-state index contributed by atoms with van der Waals surface area (Å²) >= 11 is 5.52. The van der Waals surface area contributed by atoms with Crippen LogP contribution in [0.15, 0.2) is 0 Å². The standard InChI is InChI=1S/C21H31I3N4O9/c1-25-28(6-12(33)8-30)21(36)16-18(23)14(13(34)5-26-3-11(32)9-37-2)17(22)15(19(16)24)20(35)27-4-10(31)7-29/h10-12,25-26,29-33H,3-9H2,1-2H3,(H,27,35). The summed E-state index contributed by atoms with van der Waals surface area (Å²) in [5.41, 5.74) is 2.80. The number of Topliss-reactive ketones (excluding diaryl/α,β-unsaturated/α-hetero) is 1. The quantitative estimate of drug-likeness (QED) is 0.0535. The van der Waals surface area contributed by atoms with Crippen LogP contribution in [0.3, 0.4) is 0 Å². The minimum absolute atomic E-state index is 0.0247. The number of nitrogens with one attached hydrogen (secondary N) is 3. The van der Waals surface area contributed by atoms with Crippen LogP contribution in [0.5, 0.6) is 0 Å². The second-order valence-electron chi connectivity index (χ2n) is 7.75. The van der Waals surface area contributed by atoms with Crippen molar-refractivity contribution < 1.29 is 44.7 Å². The van der Waals surface area contributed by atoms with Crippen LogP contribution in [-0.2, 0) is 4.74 Å². The summed E-state index contributed by atoms with van der Waals surface area (Å²) in [6, 6.07) is 0. The third-order valence-electron chi connectivity index (χ3n) is 4.89. The van der Waals surface area contributed by atoms with Gasteiger partial charge in [-0.15, -0.1) is 0 Å². The number of ether oxygens (including phenoxy) is 1. The SMILES string of the molecule is CNN(CC(O)CO)C(=O)c1c(I)c(C(=O)CNCC(O)COC)c(I)c(C(=O)NCC(O)CO)c1I. The summed E-state index contributed by atoms with van der Waals surface area (Å²) < 4.78 is 5.63. The second kappa shape index (κ2) is 17.4. The number of amides is 2. The van der Waals surface area contributed by atoms with Crippen molar-refractivity contribution in [3.05, 3.63) is 27.4 Å². The Labute approximate surface area is 255 Å². The highest BCUT2D eigenvalue weighted by Crippen LogP contribution is 2.33. The van der Waals surface area contributed by atoms with Gasteiger partial charge in [0.2, 0.25) is 0 Å². The Kier molecular flexibility index (Phi) is 16.3. The van der Waals surface area contributed by atoms with Crippen LogP contribution in [0.1, 0.15) is 31.1 Å². The molecule has 0 heterocycles. The molecule has 0 saturated carbocycles. The van der Waals surface area contributed by atoms with E-state index in [1.54, 1.807) is 0 Å². The normalized spacial score (nSPS) is 13.7. The van der Waals surface area contributed by atoms with Gasteiger partial charge in [0, 0.05) is 43.5 Å². The Morgan fingerprint density at radius 2 is 1.46 bits per heavy atom. The van der Waals surface area contributed by atoms with Crippen LogP contribution < -0.4 is 16.1 Å². The summed E-state index contributed by atoms with van der Waals surface area (Å²) in [6.45, 7) is -1.74. The zero-order chi connectivity index (χ0) is 28.3. The molecule has 0 aliphatic heterocycles. The van der Waals surface area contributed by atoms with Crippen LogP contribution in [0, 0.1) is 10.7 Å². The van der Waals surface area contributed by atoms with E-state index in [2.05, 4.69) is 16.1 Å². The van der Waals surface area contributed by atoms with E-state index in [1.165, 1.54) is 14.2 Å². The molecular weight excluding hydrogens is 833 g/mol. The number of hydrogen-bond donors (Lipinski definition) is 8. The lowest BCUT2D eigenvalue weighted by molar-refractivity contribution is 0.0350. The second-order valence-corrected chi connectivity index (χ2v) is 11.0. The van der Waals surface area contributed by atoms with Crippen LogP contribution in [0.2, 0.25) is 0 Å². The highest BCUT2D eigenvalue weighted by atomic mass is 127. The number of methoxy groups -OCH3 is 1. The summed E-state index contributed by atoms with van der Waals surface area (Å²) in [5.74, 6) is -1.77. The monoisotopic (exact) mass is 864 g/mol. The summed E-state index contributed by atoms with van der Waals surface area (Å²) in [5, 5.41) is 54.0. The number of ketones is 1. The fraction of sp³-hybridized carbons (Fsp3) is 0.571. The zero-order valence-corrected chi connectivity index (χ0v) is 26.6. The molecular formula is C21H31I3N4O9. The highest BCUT2D eigenvalue weighted by molar-refractivity contribution is 14.1. The van der Waals surface area contributed by atoms with Gasteiger partial charge in [-0.2, -0.15) is 0 Å². The van der Waals surface area contributed by atoms with Crippen molar-refractivity contribution in [2.45, 2.75) is 18.3 Å². The van der Waals surface area contributed by atoms with Gasteiger partial charge in [-0.1, -0.05) is 0 Å². The van der Waals surface area contributed by atoms with Crippen molar-refractivity contribution in [2.24, 2.45) is 0 Å². The smallest absolute Gasteiger partial charge is 0.270 e. The molecule has 0 aliphatic rings. The molecule has 0 radical (unpaired) electrons. The van der Waals surface area contributed by atoms with Crippen molar-refractivity contribution in [3.63, 3.8) is 0 Å². The first-order chi connectivity index (χ1) is 17.4. The molecule has 210 valence electrons. The maximum atomic E-state index is 13.5. The maximum Gasteiger partial charge on any atom is 0.270 e. The lowest BCUT2D eigenvalue weighted by Gasteiger charge is -2.26. The van der Waals surface area contributed by atoms with Gasteiger partial charge >= 0.3 is 0 Å². The minimum Gasteiger partial charge on any atom is -0.394 e. The molecule has 8 N–H and O–H groups in total. The van der Waals surface area contributed by atoms with Crippen molar-refractivity contribution in [1.29, 1.82) is 0 Å². The predicted molar refractivity (Wildman–Crippen MR) is 158 cm³/mol. The number of hydrazine groups is 1. The van der Waals surface area contributed by atoms with E-state index in [0.717, 1.165) is 5.01 Å². The average molecular weight is 864 g/mol. The fourth-order valence-corrected chi connectivity index (χ4v) is 7.75. The molecule has 1 rings (SSSR count). The predicted octanol–water partition coefficient (Wildman–Crippen LogP) is -1.71. The van der Waals surface area contributed by atoms with Gasteiger partial charge in [-0.05, 0) is 67.8 Å². The van der Waals surface area contributed by atoms with E-state index in [4.69, 9.17) is 9.84 Å². The topological polar surface area (TPSA) is 201 Å². The Balaban J connectivity index is 3.57. The molecule has 1 aromatic carbocycles. The average Bonchev–Trinajstić information content (AvgIpc) is 2.85. The first-order valence-corrected chi connectivity index (χ1v) is 14.1. The summed E-state index contributed by atoms with van der Waals surface area (Å²) in [7, 11) is 2.88. The van der Waals surface area contributed by atoms with Gasteiger partial charge in [0.15, 0.2) is 5.78 Å². The van der Waals surface area contributed by atoms with Gasteiger partial charge in [0.25, 0.3) is 11.8 Å². The third-order valence-corrected chi connectivity index (χ3v) is 8.13. The van der Waals surface area contributed by atoms with Gasteiger partial charge in [-0.3, -0.25) is 19.4 Å². The van der Waals surface area contributed by atoms with E-state index in [-0.39, 0.29) is 60.2 Å². The van der Waals surface area contributed by atoms with Gasteiger partial charge in [0.05, 0.1) is 62.3 Å². The van der Waals surface area contributed by atoms with Crippen molar-refractivity contribution in [3.8, 4) is 0 Å². The van der Waals surface area contributed by atoms with Crippen molar-refractivity contribution >= 4 is 85.4 Å². The molecule has 37 heavy (non-hydrogen) atoms. The first kappa shape index (κ1) is 34.7. The third kappa shape index (κ3) is 9.99. The van der Waals surface area contributed by atoms with Crippen LogP contribution >= 0.6 is 67.8 Å². The number of aliphatic hydroxyl groups excluding tert-OH is 5. The largest absolute Gasteiger partial charge is 0.394 e. The number of rotatable bonds is 16. The van der Waals surface area contributed by atoms with Gasteiger partial charge in [-0.25, -0.2) is 5.43 Å². The molecule has 3 atom stereocenters. The van der Waals surface area contributed by atoms with Crippen molar-refractivity contribution in [2.75, 3.05) is 60.2 Å². The number of halogens is 3. The molecule has 0 fully saturated rings. The van der Waals surface area contributed by atoms with Gasteiger partial charge in [0.1, 0.15) is 0 Å². The lowest BCUT2D eigenvalue weighted by atomic mass is 10.0. The number of carbonyl (C=O) groups excluding carboxylic acids is 3. The van der Waals surface area contributed by atoms with Crippen molar-refractivity contribution in [1.82, 2.24) is 21.1 Å². The molecule has 0 saturated heterocycles. The minimum atomic E-state index is -1.23. The van der Waals surface area contributed by atoms with Crippen LogP contribution in [0.4, 0.5) is 0 Å². The molecule has 0 aromatic heterocycles. The lowest BCUT2D eigenvalue weighted by Crippen LogP contribution is -2.47. The van der Waals surface area contributed by atoms with Crippen LogP contribution in [0.25, 0.3) is 0 Å². The highest BCUT2D eigenvalue weighted by Gasteiger charge is 2.32. The van der Waals surface area contributed by atoms with Gasteiger partial charge < -0.3 is 40.9 Å². The van der Waals surface area contributed by atoms with E-state index in [9.17, 15) is 34.8 Å². The molecule has 0 bridgehead atoms. The molecule has 13 nitrogen and oxygen atoms in total. The molecule has 1 aromatic rings. The van der Waals surface area contributed by atoms with E-state index in [0.29, 0.717) is 0 Å². The molecule has 16 heteroatoms. The molecule has 2 amide bonds. The maximum absolute atomic E-state index is 13.5. The number of hydrogen-bond acceptors (Lipinski definition) is 11. The number of carbonyl (C=O) groups is 3. The Bertz CT molecular complexity index is 955. The molecule has 3 unspecified atom stereocenters. The Hall–Kier alpha value is -0.300. The van der Waals surface area contributed by atoms with E-state index in [1.807, 2.05) is 67.8 Å². The Morgan fingerprint density at radius 3 is 2.00 bits per heavy atom. The first-order valence-electron chi connectivity index (χ1n) is 10.9. The Morgan fingerprint density at radius 1 is 0.892 bits per heavy atom. The summed E-state index contributed by atoms with van der Waals surface area (Å²) in [6.07, 6.45) is -3.28. The van der Waals surface area contributed by atoms with Crippen LogP contribution in [-0.4, -0.2) is 127 Å². The summed E-state index contributed by atoms with van der Waals surface area (Å²) in [4.78, 5) is 39.9. The number of nitrogens with zero attached hydrogens (tertiary/aromatic N) is 1. The number of benzene rings is 1. The molecule has 0 spiro atoms. The van der Waals surface area contributed by atoms with E-state index >= 15 is 0 Å².